The summed E-state index contributed by atoms with van der Waals surface area (Å²) in [5.41, 5.74) is 4.25. The molecular formula is C23H27FN4. The van der Waals surface area contributed by atoms with Crippen molar-refractivity contribution in [3.63, 3.8) is 0 Å². The van der Waals surface area contributed by atoms with Gasteiger partial charge in [-0.05, 0) is 61.7 Å². The van der Waals surface area contributed by atoms with Crippen LogP contribution in [-0.4, -0.2) is 51.6 Å². The standard InChI is InChI=1S/C23H27FN4/c24-20-7-8-22-23(13-20)28(17-25-22)15-19-5-3-18(4-6-19)14-26-12-9-21(16-26)27-10-1-2-11-27/h3-8,13,17,21H,1-2,9-12,14-16H2/t21-/m0/s1. The van der Waals surface area contributed by atoms with Crippen LogP contribution in [0.3, 0.4) is 0 Å². The summed E-state index contributed by atoms with van der Waals surface area (Å²) in [5, 5.41) is 0. The molecule has 3 aromatic rings. The van der Waals surface area contributed by atoms with Gasteiger partial charge < -0.3 is 4.57 Å². The molecule has 1 aromatic heterocycles. The first-order chi connectivity index (χ1) is 13.7. The predicted molar refractivity (Wildman–Crippen MR) is 110 cm³/mol. The number of halogens is 1. The van der Waals surface area contributed by atoms with E-state index in [1.165, 1.54) is 62.6 Å². The molecule has 1 atom stereocenters. The highest BCUT2D eigenvalue weighted by molar-refractivity contribution is 5.75. The smallest absolute Gasteiger partial charge is 0.125 e. The van der Waals surface area contributed by atoms with Crippen LogP contribution in [0.4, 0.5) is 4.39 Å². The van der Waals surface area contributed by atoms with Gasteiger partial charge in [0.05, 0.1) is 17.4 Å². The zero-order chi connectivity index (χ0) is 18.9. The van der Waals surface area contributed by atoms with E-state index in [0.717, 1.165) is 23.6 Å². The van der Waals surface area contributed by atoms with Crippen LogP contribution in [0.5, 0.6) is 0 Å². The maximum Gasteiger partial charge on any atom is 0.125 e. The van der Waals surface area contributed by atoms with Crippen LogP contribution in [0.25, 0.3) is 11.0 Å². The van der Waals surface area contributed by atoms with Crippen molar-refractivity contribution in [3.05, 3.63) is 65.7 Å². The molecular weight excluding hydrogens is 351 g/mol. The molecule has 4 nitrogen and oxygen atoms in total. The first-order valence-electron chi connectivity index (χ1n) is 10.4. The second-order valence-corrected chi connectivity index (χ2v) is 8.24. The van der Waals surface area contributed by atoms with Gasteiger partial charge in [-0.1, -0.05) is 24.3 Å². The fourth-order valence-corrected chi connectivity index (χ4v) is 4.72. The maximum atomic E-state index is 13.6. The minimum absolute atomic E-state index is 0.220. The van der Waals surface area contributed by atoms with Gasteiger partial charge in [-0.25, -0.2) is 9.37 Å². The molecule has 0 saturated carbocycles. The molecule has 0 spiro atoms. The van der Waals surface area contributed by atoms with E-state index in [1.807, 2.05) is 4.57 Å². The van der Waals surface area contributed by atoms with Gasteiger partial charge in [0.2, 0.25) is 0 Å². The van der Waals surface area contributed by atoms with Crippen LogP contribution in [0.2, 0.25) is 0 Å². The normalized spacial score (nSPS) is 21.1. The lowest BCUT2D eigenvalue weighted by Gasteiger charge is -2.23. The molecule has 5 rings (SSSR count). The van der Waals surface area contributed by atoms with Crippen LogP contribution < -0.4 is 0 Å². The second-order valence-electron chi connectivity index (χ2n) is 8.24. The third-order valence-corrected chi connectivity index (χ3v) is 6.27. The fourth-order valence-electron chi connectivity index (χ4n) is 4.72. The lowest BCUT2D eigenvalue weighted by Crippen LogP contribution is -2.35. The highest BCUT2D eigenvalue weighted by Crippen LogP contribution is 2.22. The highest BCUT2D eigenvalue weighted by atomic mass is 19.1. The van der Waals surface area contributed by atoms with Crippen LogP contribution in [0.15, 0.2) is 48.8 Å². The van der Waals surface area contributed by atoms with Gasteiger partial charge in [0, 0.05) is 32.2 Å². The monoisotopic (exact) mass is 378 g/mol. The molecule has 0 radical (unpaired) electrons. The quantitative estimate of drug-likeness (QED) is 0.673. The van der Waals surface area contributed by atoms with Gasteiger partial charge in [0.15, 0.2) is 0 Å². The molecule has 0 N–H and O–H groups in total. The third-order valence-electron chi connectivity index (χ3n) is 6.27. The van der Waals surface area contributed by atoms with Crippen molar-refractivity contribution in [1.29, 1.82) is 0 Å². The lowest BCUT2D eigenvalue weighted by atomic mass is 10.1. The summed E-state index contributed by atoms with van der Waals surface area (Å²) in [7, 11) is 0. The number of nitrogens with zero attached hydrogens (tertiary/aromatic N) is 4. The van der Waals surface area contributed by atoms with E-state index in [4.69, 9.17) is 0 Å². The molecule has 5 heteroatoms. The Bertz CT molecular complexity index is 943. The van der Waals surface area contributed by atoms with Crippen LogP contribution in [-0.2, 0) is 13.1 Å². The number of benzene rings is 2. The molecule has 0 amide bonds. The molecule has 0 unspecified atom stereocenters. The van der Waals surface area contributed by atoms with E-state index in [9.17, 15) is 4.39 Å². The minimum Gasteiger partial charge on any atom is -0.326 e. The Hall–Kier alpha value is -2.24. The van der Waals surface area contributed by atoms with E-state index in [0.29, 0.717) is 6.54 Å². The number of hydrogen-bond donors (Lipinski definition) is 0. The van der Waals surface area contributed by atoms with Crippen molar-refractivity contribution in [2.75, 3.05) is 26.2 Å². The first kappa shape index (κ1) is 17.8. The number of likely N-dealkylation sites (tertiary alicyclic amines) is 2. The minimum atomic E-state index is -0.220. The van der Waals surface area contributed by atoms with Gasteiger partial charge in [-0.15, -0.1) is 0 Å². The van der Waals surface area contributed by atoms with Crippen molar-refractivity contribution in [2.45, 2.75) is 38.4 Å². The molecule has 0 bridgehead atoms. The van der Waals surface area contributed by atoms with Crippen molar-refractivity contribution in [3.8, 4) is 0 Å². The average Bonchev–Trinajstić information content (AvgIpc) is 3.45. The Morgan fingerprint density at radius 1 is 0.929 bits per heavy atom. The molecule has 3 heterocycles. The van der Waals surface area contributed by atoms with Gasteiger partial charge in [-0.3, -0.25) is 9.80 Å². The number of imidazole rings is 1. The van der Waals surface area contributed by atoms with Gasteiger partial charge >= 0.3 is 0 Å². The Morgan fingerprint density at radius 3 is 2.46 bits per heavy atom. The van der Waals surface area contributed by atoms with E-state index >= 15 is 0 Å². The van der Waals surface area contributed by atoms with Gasteiger partial charge in [0.25, 0.3) is 0 Å². The Morgan fingerprint density at radius 2 is 1.68 bits per heavy atom. The van der Waals surface area contributed by atoms with E-state index in [-0.39, 0.29) is 5.82 Å². The maximum absolute atomic E-state index is 13.6. The Kier molecular flexibility index (Phi) is 4.87. The number of aromatic nitrogens is 2. The van der Waals surface area contributed by atoms with E-state index < -0.39 is 0 Å². The van der Waals surface area contributed by atoms with Crippen molar-refractivity contribution in [2.24, 2.45) is 0 Å². The Labute approximate surface area is 165 Å². The number of rotatable bonds is 5. The molecule has 146 valence electrons. The summed E-state index contributed by atoms with van der Waals surface area (Å²) in [6.45, 7) is 6.73. The fraction of sp³-hybridized carbons (Fsp3) is 0.435. The largest absolute Gasteiger partial charge is 0.326 e. The van der Waals surface area contributed by atoms with E-state index in [1.54, 1.807) is 18.5 Å². The summed E-state index contributed by atoms with van der Waals surface area (Å²) in [5.74, 6) is -0.220. The Balaban J connectivity index is 1.21. The molecule has 2 aliphatic heterocycles. The molecule has 28 heavy (non-hydrogen) atoms. The summed E-state index contributed by atoms with van der Waals surface area (Å²) >= 11 is 0. The molecule has 2 aliphatic rings. The second kappa shape index (κ2) is 7.64. The topological polar surface area (TPSA) is 24.3 Å². The molecule has 2 aromatic carbocycles. The summed E-state index contributed by atoms with van der Waals surface area (Å²) in [4.78, 5) is 9.64. The summed E-state index contributed by atoms with van der Waals surface area (Å²) in [6, 6.07) is 14.4. The lowest BCUT2D eigenvalue weighted by molar-refractivity contribution is 0.230. The zero-order valence-electron chi connectivity index (χ0n) is 16.2. The number of fused-ring (bicyclic) bond motifs is 1. The van der Waals surface area contributed by atoms with Crippen molar-refractivity contribution >= 4 is 11.0 Å². The highest BCUT2D eigenvalue weighted by Gasteiger charge is 2.28. The summed E-state index contributed by atoms with van der Waals surface area (Å²) < 4.78 is 15.6. The van der Waals surface area contributed by atoms with E-state index in [2.05, 4.69) is 39.0 Å². The zero-order valence-corrected chi connectivity index (χ0v) is 16.2. The molecule has 0 aliphatic carbocycles. The number of hydrogen-bond acceptors (Lipinski definition) is 3. The SMILES string of the molecule is Fc1ccc2ncn(Cc3ccc(CN4CC[C@H](N5CCCC5)C4)cc3)c2c1. The first-order valence-corrected chi connectivity index (χ1v) is 10.4. The molecule has 2 saturated heterocycles. The van der Waals surface area contributed by atoms with Crippen LogP contribution in [0, 0.1) is 5.82 Å². The van der Waals surface area contributed by atoms with Gasteiger partial charge in [0.1, 0.15) is 5.82 Å². The summed E-state index contributed by atoms with van der Waals surface area (Å²) in [6.07, 6.45) is 5.84. The van der Waals surface area contributed by atoms with Crippen LogP contribution in [0.1, 0.15) is 30.4 Å². The third kappa shape index (κ3) is 3.69. The van der Waals surface area contributed by atoms with Crippen molar-refractivity contribution in [1.82, 2.24) is 19.4 Å². The van der Waals surface area contributed by atoms with Gasteiger partial charge in [-0.2, -0.15) is 0 Å². The molecule has 2 fully saturated rings. The predicted octanol–water partition coefficient (Wildman–Crippen LogP) is 3.89. The van der Waals surface area contributed by atoms with Crippen molar-refractivity contribution < 1.29 is 4.39 Å². The van der Waals surface area contributed by atoms with Crippen LogP contribution >= 0.6 is 0 Å². The average molecular weight is 378 g/mol.